The SMILES string of the molecule is NNC(Cc1cc(Cl)cc2c1OCC2)C1CCCCC1. The van der Waals surface area contributed by atoms with Crippen LogP contribution in [0.4, 0.5) is 0 Å². The van der Waals surface area contributed by atoms with E-state index in [9.17, 15) is 0 Å². The predicted molar refractivity (Wildman–Crippen MR) is 82.0 cm³/mol. The molecule has 110 valence electrons. The van der Waals surface area contributed by atoms with E-state index in [1.807, 2.05) is 12.1 Å². The first-order chi connectivity index (χ1) is 9.78. The van der Waals surface area contributed by atoms with Gasteiger partial charge in [-0.2, -0.15) is 0 Å². The maximum Gasteiger partial charge on any atom is 0.125 e. The smallest absolute Gasteiger partial charge is 0.125 e. The van der Waals surface area contributed by atoms with Crippen molar-refractivity contribution in [2.24, 2.45) is 11.8 Å². The van der Waals surface area contributed by atoms with Crippen molar-refractivity contribution >= 4 is 11.6 Å². The van der Waals surface area contributed by atoms with E-state index in [0.29, 0.717) is 12.0 Å². The molecular formula is C16H23ClN2O. The number of fused-ring (bicyclic) bond motifs is 1. The van der Waals surface area contributed by atoms with Crippen LogP contribution in [0.25, 0.3) is 0 Å². The lowest BCUT2D eigenvalue weighted by atomic mass is 9.81. The molecule has 1 aromatic rings. The molecule has 1 saturated carbocycles. The molecule has 1 aromatic carbocycles. The third kappa shape index (κ3) is 2.95. The molecule has 0 amide bonds. The molecule has 1 unspecified atom stereocenters. The third-order valence-electron chi connectivity index (χ3n) is 4.70. The second-order valence-electron chi connectivity index (χ2n) is 6.03. The number of hydrogen-bond acceptors (Lipinski definition) is 3. The molecule has 3 rings (SSSR count). The lowest BCUT2D eigenvalue weighted by Gasteiger charge is -2.30. The van der Waals surface area contributed by atoms with Crippen LogP contribution in [0.5, 0.6) is 5.75 Å². The molecule has 0 spiro atoms. The molecule has 0 aromatic heterocycles. The first-order valence-corrected chi connectivity index (χ1v) is 8.06. The molecule has 1 atom stereocenters. The van der Waals surface area contributed by atoms with E-state index >= 15 is 0 Å². The van der Waals surface area contributed by atoms with Crippen molar-refractivity contribution in [1.82, 2.24) is 5.43 Å². The minimum atomic E-state index is 0.321. The number of ether oxygens (including phenoxy) is 1. The van der Waals surface area contributed by atoms with Gasteiger partial charge in [-0.1, -0.05) is 30.9 Å². The van der Waals surface area contributed by atoms with Gasteiger partial charge in [0, 0.05) is 17.5 Å². The summed E-state index contributed by atoms with van der Waals surface area (Å²) in [4.78, 5) is 0. The standard InChI is InChI=1S/C16H23ClN2O/c17-14-8-12-6-7-20-16(12)13(9-14)10-15(19-18)11-4-2-1-3-5-11/h8-9,11,15,19H,1-7,10,18H2. The highest BCUT2D eigenvalue weighted by atomic mass is 35.5. The Hall–Kier alpha value is -0.770. The highest BCUT2D eigenvalue weighted by molar-refractivity contribution is 6.30. The van der Waals surface area contributed by atoms with Crippen LogP contribution < -0.4 is 16.0 Å². The molecule has 0 saturated heterocycles. The number of benzene rings is 1. The van der Waals surface area contributed by atoms with Gasteiger partial charge in [0.25, 0.3) is 0 Å². The summed E-state index contributed by atoms with van der Waals surface area (Å²) in [6, 6.07) is 4.39. The first kappa shape index (κ1) is 14.2. The molecule has 1 heterocycles. The minimum absolute atomic E-state index is 0.321. The van der Waals surface area contributed by atoms with Crippen molar-refractivity contribution in [2.45, 2.75) is 51.0 Å². The zero-order valence-corrected chi connectivity index (χ0v) is 12.6. The first-order valence-electron chi connectivity index (χ1n) is 7.68. The van der Waals surface area contributed by atoms with Crippen molar-refractivity contribution in [2.75, 3.05) is 6.61 Å². The van der Waals surface area contributed by atoms with E-state index in [1.54, 1.807) is 0 Å². The van der Waals surface area contributed by atoms with Crippen molar-refractivity contribution in [3.05, 3.63) is 28.3 Å². The van der Waals surface area contributed by atoms with Crippen LogP contribution in [-0.2, 0) is 12.8 Å². The molecular weight excluding hydrogens is 272 g/mol. The van der Waals surface area contributed by atoms with Gasteiger partial charge in [0.1, 0.15) is 5.75 Å². The summed E-state index contributed by atoms with van der Waals surface area (Å²) in [5.41, 5.74) is 5.48. The average molecular weight is 295 g/mol. The van der Waals surface area contributed by atoms with Gasteiger partial charge in [0.15, 0.2) is 0 Å². The van der Waals surface area contributed by atoms with Crippen LogP contribution in [0.3, 0.4) is 0 Å². The van der Waals surface area contributed by atoms with E-state index in [4.69, 9.17) is 22.2 Å². The summed E-state index contributed by atoms with van der Waals surface area (Å²) in [7, 11) is 0. The fraction of sp³-hybridized carbons (Fsp3) is 0.625. The number of hydrazine groups is 1. The Labute approximate surface area is 125 Å². The van der Waals surface area contributed by atoms with Crippen molar-refractivity contribution in [3.63, 3.8) is 0 Å². The lowest BCUT2D eigenvalue weighted by molar-refractivity contribution is 0.266. The molecule has 4 heteroatoms. The molecule has 1 aliphatic carbocycles. The maximum atomic E-state index is 6.23. The summed E-state index contributed by atoms with van der Waals surface area (Å²) in [5, 5.41) is 0.809. The average Bonchev–Trinajstić information content (AvgIpc) is 2.93. The largest absolute Gasteiger partial charge is 0.493 e. The number of rotatable bonds is 4. The van der Waals surface area contributed by atoms with Crippen molar-refractivity contribution in [3.8, 4) is 5.75 Å². The topological polar surface area (TPSA) is 47.3 Å². The number of nitrogens with one attached hydrogen (secondary N) is 1. The van der Waals surface area contributed by atoms with Gasteiger partial charge < -0.3 is 4.74 Å². The number of halogens is 1. The molecule has 1 fully saturated rings. The van der Waals surface area contributed by atoms with Gasteiger partial charge in [0.05, 0.1) is 6.61 Å². The van der Waals surface area contributed by atoms with Crippen molar-refractivity contribution in [1.29, 1.82) is 0 Å². The Balaban J connectivity index is 1.78. The fourth-order valence-electron chi connectivity index (χ4n) is 3.63. The summed E-state index contributed by atoms with van der Waals surface area (Å²) >= 11 is 6.23. The summed E-state index contributed by atoms with van der Waals surface area (Å²) in [6.07, 6.45) is 8.44. The van der Waals surface area contributed by atoms with E-state index in [-0.39, 0.29) is 0 Å². The Morgan fingerprint density at radius 1 is 1.30 bits per heavy atom. The van der Waals surface area contributed by atoms with Crippen LogP contribution in [0.15, 0.2) is 12.1 Å². The van der Waals surface area contributed by atoms with Crippen molar-refractivity contribution < 1.29 is 4.74 Å². The van der Waals surface area contributed by atoms with Gasteiger partial charge in [-0.15, -0.1) is 0 Å². The van der Waals surface area contributed by atoms with Crippen LogP contribution >= 0.6 is 11.6 Å². The summed E-state index contributed by atoms with van der Waals surface area (Å²) in [6.45, 7) is 0.771. The van der Waals surface area contributed by atoms with Gasteiger partial charge >= 0.3 is 0 Å². The van der Waals surface area contributed by atoms with Gasteiger partial charge in [0.2, 0.25) is 0 Å². The second kappa shape index (κ2) is 6.33. The number of hydrogen-bond donors (Lipinski definition) is 2. The Kier molecular flexibility index (Phi) is 4.49. The van der Waals surface area contributed by atoms with Gasteiger partial charge in [-0.25, -0.2) is 0 Å². The highest BCUT2D eigenvalue weighted by Crippen LogP contribution is 2.35. The Bertz CT molecular complexity index is 472. The van der Waals surface area contributed by atoms with E-state index in [0.717, 1.165) is 30.2 Å². The molecule has 0 bridgehead atoms. The third-order valence-corrected chi connectivity index (χ3v) is 4.92. The normalized spacial score (nSPS) is 20.5. The highest BCUT2D eigenvalue weighted by Gasteiger charge is 2.26. The van der Waals surface area contributed by atoms with Crippen LogP contribution in [0, 0.1) is 5.92 Å². The maximum absolute atomic E-state index is 6.23. The van der Waals surface area contributed by atoms with Crippen LogP contribution in [0.1, 0.15) is 43.2 Å². The molecule has 1 aliphatic heterocycles. The van der Waals surface area contributed by atoms with Crippen LogP contribution in [-0.4, -0.2) is 12.6 Å². The van der Waals surface area contributed by atoms with E-state index in [2.05, 4.69) is 5.43 Å². The number of nitrogens with two attached hydrogens (primary N) is 1. The Morgan fingerprint density at radius 3 is 2.85 bits per heavy atom. The zero-order valence-electron chi connectivity index (χ0n) is 11.8. The molecule has 3 N–H and O–H groups in total. The van der Waals surface area contributed by atoms with E-state index < -0.39 is 0 Å². The summed E-state index contributed by atoms with van der Waals surface area (Å²) < 4.78 is 5.79. The quantitative estimate of drug-likeness (QED) is 0.662. The Morgan fingerprint density at radius 2 is 2.10 bits per heavy atom. The minimum Gasteiger partial charge on any atom is -0.493 e. The molecule has 20 heavy (non-hydrogen) atoms. The zero-order chi connectivity index (χ0) is 13.9. The predicted octanol–water partition coefficient (Wildman–Crippen LogP) is 3.23. The lowest BCUT2D eigenvalue weighted by Crippen LogP contribution is -2.43. The molecule has 2 aliphatic rings. The van der Waals surface area contributed by atoms with Crippen LogP contribution in [0.2, 0.25) is 5.02 Å². The van der Waals surface area contributed by atoms with Gasteiger partial charge in [-0.05, 0) is 48.4 Å². The molecule has 0 radical (unpaired) electrons. The monoisotopic (exact) mass is 294 g/mol. The van der Waals surface area contributed by atoms with E-state index in [1.165, 1.54) is 43.2 Å². The summed E-state index contributed by atoms with van der Waals surface area (Å²) in [5.74, 6) is 7.53. The fourth-order valence-corrected chi connectivity index (χ4v) is 3.90. The second-order valence-corrected chi connectivity index (χ2v) is 6.46. The molecule has 3 nitrogen and oxygen atoms in total. The van der Waals surface area contributed by atoms with Gasteiger partial charge in [-0.3, -0.25) is 11.3 Å².